The molecule has 0 aliphatic heterocycles. The van der Waals surface area contributed by atoms with Crippen LogP contribution < -0.4 is 5.32 Å². The number of hydrogen-bond acceptors (Lipinski definition) is 5. The van der Waals surface area contributed by atoms with Crippen molar-refractivity contribution < 1.29 is 9.32 Å². The Morgan fingerprint density at radius 3 is 2.93 bits per heavy atom. The van der Waals surface area contributed by atoms with Crippen LogP contribution in [-0.4, -0.2) is 32.4 Å². The number of carbonyl (C=O) groups excluding carboxylic acids is 1. The zero-order valence-electron chi connectivity index (χ0n) is 15.7. The van der Waals surface area contributed by atoms with Crippen molar-refractivity contribution in [3.63, 3.8) is 0 Å². The average Bonchev–Trinajstić information content (AvgIpc) is 3.24. The van der Waals surface area contributed by atoms with E-state index in [0.29, 0.717) is 18.7 Å². The number of nitrogens with one attached hydrogen (secondary N) is 1. The van der Waals surface area contributed by atoms with Crippen LogP contribution in [0.4, 0.5) is 0 Å². The summed E-state index contributed by atoms with van der Waals surface area (Å²) in [6.45, 7) is 4.54. The average molecular weight is 365 g/mol. The fourth-order valence-corrected chi connectivity index (χ4v) is 3.69. The number of aromatic nitrogens is 4. The summed E-state index contributed by atoms with van der Waals surface area (Å²) < 4.78 is 7.18. The third-order valence-corrected chi connectivity index (χ3v) is 5.13. The van der Waals surface area contributed by atoms with E-state index in [1.165, 1.54) is 0 Å². The zero-order chi connectivity index (χ0) is 18.8. The van der Waals surface area contributed by atoms with Crippen molar-refractivity contribution in [2.45, 2.75) is 46.0 Å². The molecule has 0 unspecified atom stereocenters. The molecule has 4 rings (SSSR count). The zero-order valence-corrected chi connectivity index (χ0v) is 15.7. The van der Waals surface area contributed by atoms with E-state index in [-0.39, 0.29) is 5.91 Å². The van der Waals surface area contributed by atoms with Crippen molar-refractivity contribution in [3.05, 3.63) is 58.4 Å². The van der Waals surface area contributed by atoms with Crippen LogP contribution in [0.15, 0.2) is 28.9 Å². The summed E-state index contributed by atoms with van der Waals surface area (Å²) in [6.07, 6.45) is 6.39. The van der Waals surface area contributed by atoms with Crippen molar-refractivity contribution in [3.8, 4) is 5.82 Å². The molecule has 3 aromatic rings. The lowest BCUT2D eigenvalue weighted by Gasteiger charge is -2.09. The molecule has 0 saturated carbocycles. The fourth-order valence-electron chi connectivity index (χ4n) is 3.69. The topological polar surface area (TPSA) is 85.8 Å². The van der Waals surface area contributed by atoms with Gasteiger partial charge in [-0.1, -0.05) is 11.2 Å². The molecule has 7 heteroatoms. The van der Waals surface area contributed by atoms with Gasteiger partial charge in [0, 0.05) is 30.4 Å². The van der Waals surface area contributed by atoms with E-state index < -0.39 is 0 Å². The molecular formula is C20H23N5O2. The van der Waals surface area contributed by atoms with Crippen LogP contribution >= 0.6 is 0 Å². The van der Waals surface area contributed by atoms with E-state index in [2.05, 4.69) is 20.6 Å². The normalized spacial score (nSPS) is 13.4. The van der Waals surface area contributed by atoms with E-state index in [1.54, 1.807) is 6.20 Å². The summed E-state index contributed by atoms with van der Waals surface area (Å²) in [5.41, 5.74) is 4.55. The second-order valence-electron chi connectivity index (χ2n) is 6.90. The van der Waals surface area contributed by atoms with Crippen molar-refractivity contribution in [2.24, 2.45) is 0 Å². The van der Waals surface area contributed by atoms with Crippen molar-refractivity contribution in [1.29, 1.82) is 0 Å². The smallest absolute Gasteiger partial charge is 0.273 e. The van der Waals surface area contributed by atoms with Crippen LogP contribution in [0.3, 0.4) is 0 Å². The van der Waals surface area contributed by atoms with Gasteiger partial charge in [-0.15, -0.1) is 0 Å². The Morgan fingerprint density at radius 2 is 2.11 bits per heavy atom. The third kappa shape index (κ3) is 3.37. The molecule has 0 spiro atoms. The third-order valence-electron chi connectivity index (χ3n) is 5.13. The van der Waals surface area contributed by atoms with Crippen LogP contribution in [0.5, 0.6) is 0 Å². The minimum atomic E-state index is -0.158. The predicted molar refractivity (Wildman–Crippen MR) is 100 cm³/mol. The first-order chi connectivity index (χ1) is 13.1. The second kappa shape index (κ2) is 7.34. The molecule has 1 aliphatic rings. The monoisotopic (exact) mass is 365 g/mol. The van der Waals surface area contributed by atoms with Crippen LogP contribution in [0.2, 0.25) is 0 Å². The fraction of sp³-hybridized carbons (Fsp3) is 0.400. The van der Waals surface area contributed by atoms with Gasteiger partial charge in [0.15, 0.2) is 11.5 Å². The molecule has 0 radical (unpaired) electrons. The number of nitrogens with zero attached hydrogens (tertiary/aromatic N) is 4. The predicted octanol–water partition coefficient (Wildman–Crippen LogP) is 2.72. The first-order valence-electron chi connectivity index (χ1n) is 9.37. The van der Waals surface area contributed by atoms with E-state index in [1.807, 2.05) is 36.7 Å². The lowest BCUT2D eigenvalue weighted by Crippen LogP contribution is -2.27. The van der Waals surface area contributed by atoms with E-state index in [9.17, 15) is 4.79 Å². The van der Waals surface area contributed by atoms with Gasteiger partial charge in [0.2, 0.25) is 0 Å². The molecule has 27 heavy (non-hydrogen) atoms. The van der Waals surface area contributed by atoms with Gasteiger partial charge in [-0.25, -0.2) is 9.67 Å². The highest BCUT2D eigenvalue weighted by Crippen LogP contribution is 2.24. The van der Waals surface area contributed by atoms with E-state index >= 15 is 0 Å². The lowest BCUT2D eigenvalue weighted by atomic mass is 9.96. The van der Waals surface area contributed by atoms with Crippen LogP contribution in [0, 0.1) is 13.8 Å². The molecule has 0 bridgehead atoms. The molecule has 1 N–H and O–H groups in total. The van der Waals surface area contributed by atoms with Crippen molar-refractivity contribution in [2.75, 3.05) is 6.54 Å². The molecule has 1 aliphatic carbocycles. The molecular weight excluding hydrogens is 342 g/mol. The number of rotatable bonds is 5. The maximum Gasteiger partial charge on any atom is 0.273 e. The summed E-state index contributed by atoms with van der Waals surface area (Å²) in [6, 6.07) is 5.75. The Labute approximate surface area is 157 Å². The first kappa shape index (κ1) is 17.5. The van der Waals surface area contributed by atoms with Gasteiger partial charge in [-0.05, 0) is 57.2 Å². The minimum absolute atomic E-state index is 0.158. The van der Waals surface area contributed by atoms with Crippen LogP contribution in [-0.2, 0) is 19.3 Å². The molecule has 3 aromatic heterocycles. The molecule has 3 heterocycles. The van der Waals surface area contributed by atoms with E-state index in [4.69, 9.17) is 4.52 Å². The van der Waals surface area contributed by atoms with Gasteiger partial charge in [0.1, 0.15) is 5.76 Å². The largest absolute Gasteiger partial charge is 0.360 e. The number of carbonyl (C=O) groups is 1. The number of pyridine rings is 1. The minimum Gasteiger partial charge on any atom is -0.360 e. The Balaban J connectivity index is 1.43. The van der Waals surface area contributed by atoms with Gasteiger partial charge in [-0.3, -0.25) is 4.79 Å². The molecule has 7 nitrogen and oxygen atoms in total. The van der Waals surface area contributed by atoms with E-state index in [0.717, 1.165) is 59.8 Å². The first-order valence-corrected chi connectivity index (χ1v) is 9.37. The Kier molecular flexibility index (Phi) is 4.75. The molecule has 1 amide bonds. The van der Waals surface area contributed by atoms with Gasteiger partial charge >= 0.3 is 0 Å². The maximum absolute atomic E-state index is 12.5. The second-order valence-corrected chi connectivity index (χ2v) is 6.90. The summed E-state index contributed by atoms with van der Waals surface area (Å²) in [5.74, 6) is 1.51. The van der Waals surface area contributed by atoms with Crippen molar-refractivity contribution >= 4 is 5.91 Å². The number of hydrogen-bond donors (Lipinski definition) is 1. The van der Waals surface area contributed by atoms with Gasteiger partial charge in [-0.2, -0.15) is 5.10 Å². The van der Waals surface area contributed by atoms with Gasteiger partial charge in [0.25, 0.3) is 5.91 Å². The quantitative estimate of drug-likeness (QED) is 0.751. The summed E-state index contributed by atoms with van der Waals surface area (Å²) in [5, 5.41) is 11.6. The van der Waals surface area contributed by atoms with Crippen LogP contribution in [0.1, 0.15) is 51.6 Å². The highest BCUT2D eigenvalue weighted by atomic mass is 16.5. The number of amides is 1. The molecule has 0 fully saturated rings. The number of fused-ring (bicyclic) bond motifs is 1. The lowest BCUT2D eigenvalue weighted by molar-refractivity contribution is 0.0944. The summed E-state index contributed by atoms with van der Waals surface area (Å²) >= 11 is 0. The Morgan fingerprint density at radius 1 is 1.26 bits per heavy atom. The summed E-state index contributed by atoms with van der Waals surface area (Å²) in [4.78, 5) is 16.9. The summed E-state index contributed by atoms with van der Waals surface area (Å²) in [7, 11) is 0. The van der Waals surface area contributed by atoms with Gasteiger partial charge < -0.3 is 9.84 Å². The molecule has 0 atom stereocenters. The highest BCUT2D eigenvalue weighted by Gasteiger charge is 2.24. The number of aryl methyl sites for hydroxylation is 2. The Hall–Kier alpha value is -2.96. The molecule has 140 valence electrons. The SMILES string of the molecule is Cc1nn(-c2ccccn2)c(C)c1CCNC(=O)c1noc2c1CCCC2. The maximum atomic E-state index is 12.5. The van der Waals surface area contributed by atoms with Gasteiger partial charge in [0.05, 0.1) is 5.69 Å². The highest BCUT2D eigenvalue weighted by molar-refractivity contribution is 5.93. The molecule has 0 saturated heterocycles. The molecule has 0 aromatic carbocycles. The standard InChI is InChI=1S/C20H23N5O2/c1-13-15(14(2)25(23-13)18-9-5-6-11-21-18)10-12-22-20(26)19-16-7-3-4-8-17(16)27-24-19/h5-6,9,11H,3-4,7-8,10,12H2,1-2H3,(H,22,26). The Bertz CT molecular complexity index is 958. The van der Waals surface area contributed by atoms with Crippen LogP contribution in [0.25, 0.3) is 5.82 Å². The van der Waals surface area contributed by atoms with Crippen molar-refractivity contribution in [1.82, 2.24) is 25.2 Å².